The van der Waals surface area contributed by atoms with Crippen molar-refractivity contribution in [2.45, 2.75) is 198 Å². The number of nitrogens with one attached hydrogen (secondary N) is 1. The van der Waals surface area contributed by atoms with Crippen LogP contribution in [0.4, 0.5) is 0 Å². The second kappa shape index (κ2) is 14.9. The predicted molar refractivity (Wildman–Crippen MR) is 248 cm³/mol. The number of likely N-dealkylation sites (tertiary alicyclic amines) is 1. The minimum absolute atomic E-state index is 0.00488. The van der Waals surface area contributed by atoms with Crippen LogP contribution in [0.5, 0.6) is 0 Å². The molecule has 8 aliphatic carbocycles. The van der Waals surface area contributed by atoms with Crippen molar-refractivity contribution >= 4 is 29.5 Å². The van der Waals surface area contributed by atoms with E-state index in [9.17, 15) is 19.5 Å². The van der Waals surface area contributed by atoms with Crippen LogP contribution in [0.3, 0.4) is 0 Å². The third-order valence-electron chi connectivity index (χ3n) is 23.7. The molecule has 2 amide bonds. The number of rotatable bonds is 9. The maximum Gasteiger partial charge on any atom is 0.309 e. The Kier molecular flexibility index (Phi) is 10.8. The Balaban J connectivity index is 0.927. The second-order valence-electron chi connectivity index (χ2n) is 26.5. The van der Waals surface area contributed by atoms with Crippen molar-refractivity contribution in [2.24, 2.45) is 95.3 Å². The van der Waals surface area contributed by atoms with Crippen LogP contribution in [0.25, 0.3) is 0 Å². The van der Waals surface area contributed by atoms with Crippen molar-refractivity contribution in [3.05, 3.63) is 0 Å². The van der Waals surface area contributed by atoms with E-state index in [0.717, 1.165) is 82.8 Å². The molecule has 0 spiro atoms. The Morgan fingerprint density at radius 3 is 1.94 bits per heavy atom. The van der Waals surface area contributed by atoms with Crippen LogP contribution >= 0.6 is 0 Å². The van der Waals surface area contributed by atoms with Crippen LogP contribution in [0.2, 0.25) is 0 Å². The van der Waals surface area contributed by atoms with Gasteiger partial charge in [-0.15, -0.1) is 0 Å². The van der Waals surface area contributed by atoms with E-state index in [0.29, 0.717) is 61.6 Å². The minimum atomic E-state index is -0.820. The topological polar surface area (TPSA) is 135 Å². The Bertz CT molecular complexity index is 1960. The molecule has 0 bridgehead atoms. The van der Waals surface area contributed by atoms with Crippen molar-refractivity contribution in [2.75, 3.05) is 19.7 Å². The fourth-order valence-corrected chi connectivity index (χ4v) is 18.2. The van der Waals surface area contributed by atoms with Crippen LogP contribution in [-0.4, -0.2) is 71.3 Å². The van der Waals surface area contributed by atoms with Gasteiger partial charge in [0.2, 0.25) is 11.8 Å². The monoisotopic (exact) mass is 888 g/mol. The summed E-state index contributed by atoms with van der Waals surface area (Å²) in [5, 5.41) is 17.7. The number of amides is 2. The normalized spacial score (nSPS) is 46.6. The van der Waals surface area contributed by atoms with E-state index >= 15 is 4.79 Å². The second-order valence-corrected chi connectivity index (χ2v) is 26.5. The number of fused-ring (bicyclic) bond motifs is 7. The molecule has 64 heavy (non-hydrogen) atoms. The number of esters is 1. The minimum Gasteiger partial charge on any atom is -0.481 e. The van der Waals surface area contributed by atoms with Gasteiger partial charge in [-0.1, -0.05) is 81.3 Å². The lowest BCUT2D eigenvalue weighted by Gasteiger charge is -2.77. The summed E-state index contributed by atoms with van der Waals surface area (Å²) in [5.41, 5.74) is 0.203. The fourth-order valence-electron chi connectivity index (χ4n) is 18.2. The predicted octanol–water partition coefficient (Wildman–Crippen LogP) is 10.5. The molecule has 0 aromatic rings. The molecule has 10 nitrogen and oxygen atoms in total. The number of oxime groups is 1. The molecule has 9 rings (SSSR count). The molecule has 10 heteroatoms. The molecule has 0 radical (unpaired) electrons. The van der Waals surface area contributed by atoms with Gasteiger partial charge in [-0.25, -0.2) is 0 Å². The van der Waals surface area contributed by atoms with Gasteiger partial charge in [-0.05, 0) is 158 Å². The lowest BCUT2D eigenvalue weighted by atomic mass is 9.27. The zero-order chi connectivity index (χ0) is 46.4. The highest BCUT2D eigenvalue weighted by Crippen LogP contribution is 2.82. The molecular weight excluding hydrogens is 803 g/mol. The Morgan fingerprint density at radius 1 is 0.688 bits per heavy atom. The molecule has 1 aliphatic heterocycles. The number of hydrogen-bond acceptors (Lipinski definition) is 7. The van der Waals surface area contributed by atoms with Crippen LogP contribution in [0, 0.1) is 90.2 Å². The van der Waals surface area contributed by atoms with Crippen LogP contribution in [0.1, 0.15) is 186 Å². The number of piperidine rings is 1. The summed E-state index contributed by atoms with van der Waals surface area (Å²) < 4.78 is 6.51. The number of carboxylic acids is 1. The molecule has 0 aromatic heterocycles. The van der Waals surface area contributed by atoms with Gasteiger partial charge >= 0.3 is 11.9 Å². The molecule has 9 fully saturated rings. The highest BCUT2D eigenvalue weighted by molar-refractivity contribution is 5.89. The molecule has 14 atom stereocenters. The smallest absolute Gasteiger partial charge is 0.309 e. The number of hydrogen-bond donors (Lipinski definition) is 2. The van der Waals surface area contributed by atoms with E-state index in [1.165, 1.54) is 12.8 Å². The summed E-state index contributed by atoms with van der Waals surface area (Å²) in [7, 11) is 0. The first-order valence-corrected chi connectivity index (χ1v) is 26.0. The fraction of sp³-hybridized carbons (Fsp3) is 0.907. The molecule has 8 saturated carbocycles. The Labute approximate surface area is 385 Å². The Hall–Kier alpha value is -2.65. The molecule has 9 aliphatic rings. The third-order valence-corrected chi connectivity index (χ3v) is 23.7. The first-order valence-electron chi connectivity index (χ1n) is 26.0. The molecule has 1 heterocycles. The van der Waals surface area contributed by atoms with E-state index in [2.05, 4.69) is 72.8 Å². The molecule has 1 saturated heterocycles. The molecule has 0 aromatic carbocycles. The summed E-state index contributed by atoms with van der Waals surface area (Å²) >= 11 is 0. The van der Waals surface area contributed by atoms with Crippen molar-refractivity contribution in [1.29, 1.82) is 0 Å². The summed E-state index contributed by atoms with van der Waals surface area (Å²) in [4.78, 5) is 62.3. The van der Waals surface area contributed by atoms with Gasteiger partial charge in [-0.3, -0.25) is 19.2 Å². The summed E-state index contributed by atoms with van der Waals surface area (Å²) in [6, 6.07) is -0.00488. The van der Waals surface area contributed by atoms with Gasteiger partial charge in [0.25, 0.3) is 0 Å². The highest BCUT2D eigenvalue weighted by atomic mass is 16.6. The van der Waals surface area contributed by atoms with Gasteiger partial charge in [0.1, 0.15) is 12.7 Å². The number of aliphatic carboxylic acids is 1. The lowest BCUT2D eigenvalue weighted by molar-refractivity contribution is -0.293. The van der Waals surface area contributed by atoms with Crippen molar-refractivity contribution in [1.82, 2.24) is 10.2 Å². The number of carboxylic acid groups (broad SMARTS) is 1. The van der Waals surface area contributed by atoms with Crippen LogP contribution < -0.4 is 5.32 Å². The molecule has 358 valence electrons. The number of ether oxygens (including phenoxy) is 1. The van der Waals surface area contributed by atoms with Crippen molar-refractivity contribution in [3.8, 4) is 0 Å². The van der Waals surface area contributed by atoms with Crippen LogP contribution in [-0.2, 0) is 28.8 Å². The zero-order valence-electron chi connectivity index (χ0n) is 41.9. The van der Waals surface area contributed by atoms with E-state index in [-0.39, 0.29) is 79.7 Å². The van der Waals surface area contributed by atoms with Gasteiger partial charge in [0.05, 0.1) is 23.0 Å². The largest absolute Gasteiger partial charge is 0.481 e. The average molecular weight is 888 g/mol. The van der Waals surface area contributed by atoms with E-state index in [1.54, 1.807) is 0 Å². The number of carbonyl (C=O) groups excluding carboxylic acids is 3. The lowest BCUT2D eigenvalue weighted by Crippen LogP contribution is -2.72. The maximum absolute atomic E-state index is 15.4. The summed E-state index contributed by atoms with van der Waals surface area (Å²) in [6.07, 6.45) is 15.6. The van der Waals surface area contributed by atoms with E-state index in [1.807, 2.05) is 25.7 Å². The zero-order valence-corrected chi connectivity index (χ0v) is 41.9. The first-order chi connectivity index (χ1) is 29.8. The van der Waals surface area contributed by atoms with Gasteiger partial charge in [-0.2, -0.15) is 0 Å². The molecular formula is C54H85N3O7. The molecule has 2 N–H and O–H groups in total. The number of carbonyl (C=O) groups is 4. The Morgan fingerprint density at radius 2 is 1.33 bits per heavy atom. The average Bonchev–Trinajstić information content (AvgIpc) is 3.84. The van der Waals surface area contributed by atoms with Gasteiger partial charge < -0.3 is 24.9 Å². The number of nitrogens with zero attached hydrogens (tertiary/aromatic N) is 2. The quantitative estimate of drug-likeness (QED) is 0.174. The standard InChI is InChI=1S/C54H85N3O7/c1-13-63-56-32-18-28-57(29-19-32)42(58)35-31-39(47(35,4)5)55-45(62)54-23-15-33(49(8)24-25-49)41(54)34-14-21-53(12)51(10)20-17-40(64-44(61)37-30-36(43(59)60)46(37,2)3)48(6,7)38(51)16-22-52(53,11)50(34,9)26-27-54/h33-41H,13-31H2,1-12H3,(H,55,62)(H,59,60)/t33?,34?,35-,36+,37-,38+,39-,40+,41-,50-,51?,52+,53-,54+/m1/s1. The molecule has 3 unspecified atom stereocenters. The van der Waals surface area contributed by atoms with Crippen LogP contribution in [0.15, 0.2) is 5.16 Å². The van der Waals surface area contributed by atoms with E-state index in [4.69, 9.17) is 9.57 Å². The summed E-state index contributed by atoms with van der Waals surface area (Å²) in [5.74, 6) is 0.342. The van der Waals surface area contributed by atoms with Gasteiger partial charge in [0, 0.05) is 43.3 Å². The maximum atomic E-state index is 15.4. The third kappa shape index (κ3) is 6.21. The van der Waals surface area contributed by atoms with Crippen molar-refractivity contribution < 1.29 is 33.9 Å². The SMILES string of the molecule is CCON=C1CCN(C(=O)[C@H]2C[C@@H](NC(=O)[C@]34CCC(C5(C)CC5)[C@@H]3C3CC[C@]5(C)C6(C)CC[C@H](OC(=O)[C@H]7C[C@@H](C(=O)O)C7(C)C)C(C)(C)[C@@H]6CC[C@@]5(C)[C@]3(C)CC4)C2(C)C)CC1. The van der Waals surface area contributed by atoms with E-state index < -0.39 is 17.3 Å². The van der Waals surface area contributed by atoms with Crippen molar-refractivity contribution in [3.63, 3.8) is 0 Å². The first kappa shape index (κ1) is 46.5. The highest BCUT2D eigenvalue weighted by Gasteiger charge is 2.77. The summed E-state index contributed by atoms with van der Waals surface area (Å²) in [6.45, 7) is 29.9. The van der Waals surface area contributed by atoms with Gasteiger partial charge in [0.15, 0.2) is 0 Å².